The molecule has 1 saturated carbocycles. The van der Waals surface area contributed by atoms with E-state index in [-0.39, 0.29) is 10.8 Å². The molecule has 6 heteroatoms. The van der Waals surface area contributed by atoms with Gasteiger partial charge in [-0.1, -0.05) is 13.0 Å². The molecule has 21 heavy (non-hydrogen) atoms. The van der Waals surface area contributed by atoms with Crippen LogP contribution in [0.4, 0.5) is 0 Å². The summed E-state index contributed by atoms with van der Waals surface area (Å²) in [5.41, 5.74) is 3.43. The Bertz CT molecular complexity index is 758. The summed E-state index contributed by atoms with van der Waals surface area (Å²) in [7, 11) is -3.81. The van der Waals surface area contributed by atoms with E-state index in [1.54, 1.807) is 6.07 Å². The molecule has 0 radical (unpaired) electrons. The first-order valence-corrected chi connectivity index (χ1v) is 9.00. The third kappa shape index (κ3) is 1.87. The van der Waals surface area contributed by atoms with Crippen LogP contribution < -0.4 is 4.18 Å². The van der Waals surface area contributed by atoms with Crippen molar-refractivity contribution in [3.63, 3.8) is 0 Å². The predicted molar refractivity (Wildman–Crippen MR) is 81.6 cm³/mol. The molecule has 1 fully saturated rings. The van der Waals surface area contributed by atoms with Gasteiger partial charge in [-0.15, -0.1) is 16.0 Å². The van der Waals surface area contributed by atoms with Crippen LogP contribution in [-0.2, 0) is 16.7 Å². The summed E-state index contributed by atoms with van der Waals surface area (Å²) < 4.78 is 31.4. The van der Waals surface area contributed by atoms with Gasteiger partial charge in [0, 0.05) is 10.9 Å². The minimum atomic E-state index is -3.81. The Hall–Kier alpha value is -1.07. The van der Waals surface area contributed by atoms with Crippen molar-refractivity contribution in [3.05, 3.63) is 28.8 Å². The zero-order valence-electron chi connectivity index (χ0n) is 11.7. The average Bonchev–Trinajstić information content (AvgIpc) is 2.73. The second-order valence-corrected chi connectivity index (χ2v) is 8.15. The standard InChI is InChI=1S/C15H16ClNO3S/c1-15-7-6-9-10(12(15)3-5-14(15)16)2-4-13-11(9)8-17-21(18,19)20-13/h2,4,8,12,14H,3,5-7H2,1H3/t12-,14+,15-/m0/s1. The maximum Gasteiger partial charge on any atom is 0.428 e. The van der Waals surface area contributed by atoms with Crippen molar-refractivity contribution in [1.82, 2.24) is 0 Å². The smallest absolute Gasteiger partial charge is 0.365 e. The van der Waals surface area contributed by atoms with E-state index in [4.69, 9.17) is 15.8 Å². The van der Waals surface area contributed by atoms with Crippen LogP contribution in [-0.4, -0.2) is 20.0 Å². The predicted octanol–water partition coefficient (Wildman–Crippen LogP) is 3.18. The molecular weight excluding hydrogens is 310 g/mol. The number of rotatable bonds is 0. The molecule has 0 amide bonds. The van der Waals surface area contributed by atoms with Crippen molar-refractivity contribution in [1.29, 1.82) is 0 Å². The highest BCUT2D eigenvalue weighted by Crippen LogP contribution is 2.58. The van der Waals surface area contributed by atoms with E-state index < -0.39 is 10.3 Å². The SMILES string of the molecule is C[C@]12CCc3c(ccc4c3C=NS(=O)(=O)O4)[C@@H]1CC[C@H]2Cl. The number of halogens is 1. The summed E-state index contributed by atoms with van der Waals surface area (Å²) in [5.74, 6) is 0.841. The lowest BCUT2D eigenvalue weighted by atomic mass is 9.66. The fourth-order valence-electron chi connectivity index (χ4n) is 4.16. The minimum absolute atomic E-state index is 0.140. The number of alkyl halides is 1. The molecule has 0 bridgehead atoms. The summed E-state index contributed by atoms with van der Waals surface area (Å²) in [6.07, 6.45) is 5.48. The second-order valence-electron chi connectivity index (χ2n) is 6.39. The fourth-order valence-corrected chi connectivity index (χ4v) is 5.20. The molecule has 112 valence electrons. The monoisotopic (exact) mass is 325 g/mol. The Labute approximate surface area is 129 Å². The van der Waals surface area contributed by atoms with Crippen LogP contribution in [0.2, 0.25) is 0 Å². The maximum atomic E-state index is 11.4. The van der Waals surface area contributed by atoms with Gasteiger partial charge < -0.3 is 4.18 Å². The first kappa shape index (κ1) is 13.6. The molecule has 3 aliphatic rings. The summed E-state index contributed by atoms with van der Waals surface area (Å²) in [5, 5.41) is 0.219. The minimum Gasteiger partial charge on any atom is -0.365 e. The van der Waals surface area contributed by atoms with Crippen LogP contribution in [0, 0.1) is 5.41 Å². The van der Waals surface area contributed by atoms with Crippen LogP contribution in [0.15, 0.2) is 16.5 Å². The number of hydrogen-bond acceptors (Lipinski definition) is 3. The van der Waals surface area contributed by atoms with Gasteiger partial charge in [-0.25, -0.2) is 0 Å². The Morgan fingerprint density at radius 2 is 2.19 bits per heavy atom. The maximum absolute atomic E-state index is 11.4. The number of hydrogen-bond donors (Lipinski definition) is 0. The number of benzene rings is 1. The molecule has 2 aliphatic carbocycles. The van der Waals surface area contributed by atoms with E-state index in [0.29, 0.717) is 11.7 Å². The fraction of sp³-hybridized carbons (Fsp3) is 0.533. The molecule has 1 aliphatic heterocycles. The van der Waals surface area contributed by atoms with Crippen LogP contribution >= 0.6 is 11.6 Å². The molecule has 1 aromatic rings. The zero-order chi connectivity index (χ0) is 14.8. The van der Waals surface area contributed by atoms with Gasteiger partial charge in [-0.05, 0) is 54.2 Å². The molecule has 4 rings (SSSR count). The molecule has 3 atom stereocenters. The van der Waals surface area contributed by atoms with Crippen LogP contribution in [0.1, 0.15) is 48.8 Å². The van der Waals surface area contributed by atoms with Gasteiger partial charge in [-0.3, -0.25) is 0 Å². The lowest BCUT2D eigenvalue weighted by Crippen LogP contribution is -2.33. The summed E-state index contributed by atoms with van der Waals surface area (Å²) in [6.45, 7) is 2.28. The average molecular weight is 326 g/mol. The van der Waals surface area contributed by atoms with Crippen molar-refractivity contribution < 1.29 is 12.6 Å². The van der Waals surface area contributed by atoms with Gasteiger partial charge in [0.05, 0.1) is 6.21 Å². The molecular formula is C15H16ClNO3S. The van der Waals surface area contributed by atoms with E-state index in [1.165, 1.54) is 17.3 Å². The van der Waals surface area contributed by atoms with Crippen molar-refractivity contribution >= 4 is 28.1 Å². The number of nitrogens with zero attached hydrogens (tertiary/aromatic N) is 1. The van der Waals surface area contributed by atoms with E-state index in [0.717, 1.165) is 31.2 Å². The first-order chi connectivity index (χ1) is 9.91. The van der Waals surface area contributed by atoms with Gasteiger partial charge in [-0.2, -0.15) is 8.42 Å². The van der Waals surface area contributed by atoms with E-state index in [1.807, 2.05) is 6.07 Å². The molecule has 0 spiro atoms. The lowest BCUT2D eigenvalue weighted by molar-refractivity contribution is 0.256. The molecule has 0 N–H and O–H groups in total. The quantitative estimate of drug-likeness (QED) is 0.688. The number of fused-ring (bicyclic) bond motifs is 5. The van der Waals surface area contributed by atoms with E-state index in [9.17, 15) is 8.42 Å². The highest BCUT2D eigenvalue weighted by atomic mass is 35.5. The van der Waals surface area contributed by atoms with Gasteiger partial charge in [0.15, 0.2) is 5.75 Å². The van der Waals surface area contributed by atoms with Gasteiger partial charge >= 0.3 is 10.3 Å². The molecule has 1 heterocycles. The summed E-state index contributed by atoms with van der Waals surface area (Å²) in [6, 6.07) is 3.77. The van der Waals surface area contributed by atoms with Crippen LogP contribution in [0.5, 0.6) is 5.75 Å². The highest BCUT2D eigenvalue weighted by Gasteiger charge is 2.49. The normalized spacial score (nSPS) is 35.5. The third-order valence-electron chi connectivity index (χ3n) is 5.37. The van der Waals surface area contributed by atoms with Crippen molar-refractivity contribution in [2.24, 2.45) is 9.81 Å². The molecule has 4 nitrogen and oxygen atoms in total. The van der Waals surface area contributed by atoms with E-state index >= 15 is 0 Å². The van der Waals surface area contributed by atoms with E-state index in [2.05, 4.69) is 11.3 Å². The van der Waals surface area contributed by atoms with Gasteiger partial charge in [0.2, 0.25) is 0 Å². The molecule has 0 saturated heterocycles. The topological polar surface area (TPSA) is 55.7 Å². The Kier molecular flexibility index (Phi) is 2.74. The van der Waals surface area contributed by atoms with Gasteiger partial charge in [0.25, 0.3) is 0 Å². The summed E-state index contributed by atoms with van der Waals surface area (Å²) in [4.78, 5) is 0. The molecule has 1 aromatic carbocycles. The van der Waals surface area contributed by atoms with Crippen molar-refractivity contribution in [2.75, 3.05) is 0 Å². The third-order valence-corrected chi connectivity index (χ3v) is 6.84. The Balaban J connectivity index is 1.86. The Morgan fingerprint density at radius 1 is 1.38 bits per heavy atom. The van der Waals surface area contributed by atoms with Crippen LogP contribution in [0.25, 0.3) is 0 Å². The van der Waals surface area contributed by atoms with Crippen LogP contribution in [0.3, 0.4) is 0 Å². The van der Waals surface area contributed by atoms with Gasteiger partial charge in [0.1, 0.15) is 0 Å². The first-order valence-electron chi connectivity index (χ1n) is 7.20. The highest BCUT2D eigenvalue weighted by molar-refractivity contribution is 7.86. The van der Waals surface area contributed by atoms with Crippen molar-refractivity contribution in [2.45, 2.75) is 43.9 Å². The lowest BCUT2D eigenvalue weighted by Gasteiger charge is -2.40. The Morgan fingerprint density at radius 3 is 3.00 bits per heavy atom. The zero-order valence-corrected chi connectivity index (χ0v) is 13.2. The molecule has 0 unspecified atom stereocenters. The van der Waals surface area contributed by atoms with Crippen molar-refractivity contribution in [3.8, 4) is 5.75 Å². The largest absolute Gasteiger partial charge is 0.428 e. The molecule has 0 aromatic heterocycles. The second kappa shape index (κ2) is 4.23. The summed E-state index contributed by atoms with van der Waals surface area (Å²) >= 11 is 6.54.